The number of ether oxygens (including phenoxy) is 2. The third-order valence-corrected chi connectivity index (χ3v) is 3.91. The van der Waals surface area contributed by atoms with E-state index in [1.54, 1.807) is 18.3 Å². The molecule has 0 spiro atoms. The van der Waals surface area contributed by atoms with Crippen LogP contribution in [0.5, 0.6) is 0 Å². The molecule has 0 aromatic carbocycles. The maximum absolute atomic E-state index is 12.5. The van der Waals surface area contributed by atoms with Crippen LogP contribution in [-0.2, 0) is 15.9 Å². The number of methoxy groups -OCH3 is 1. The number of hydrogen-bond donors (Lipinski definition) is 1. The van der Waals surface area contributed by atoms with Gasteiger partial charge in [-0.05, 0) is 12.3 Å². The molecule has 21 heavy (non-hydrogen) atoms. The maximum Gasteiger partial charge on any atom is 0.410 e. The summed E-state index contributed by atoms with van der Waals surface area (Å²) in [7, 11) is 1.62. The largest absolute Gasteiger partial charge is 0.444 e. The molecule has 1 aromatic rings. The molecule has 0 saturated heterocycles. The van der Waals surface area contributed by atoms with Crippen LogP contribution in [0.2, 0.25) is 0 Å². The molecule has 6 nitrogen and oxygen atoms in total. The van der Waals surface area contributed by atoms with Crippen LogP contribution in [0.25, 0.3) is 0 Å². The first-order chi connectivity index (χ1) is 10.1. The van der Waals surface area contributed by atoms with Gasteiger partial charge in [-0.3, -0.25) is 4.90 Å². The van der Waals surface area contributed by atoms with Gasteiger partial charge in [-0.1, -0.05) is 20.8 Å². The van der Waals surface area contributed by atoms with Crippen molar-refractivity contribution in [3.05, 3.63) is 17.7 Å². The van der Waals surface area contributed by atoms with E-state index in [-0.39, 0.29) is 24.2 Å². The molecule has 2 atom stereocenters. The normalized spacial score (nSPS) is 19.5. The number of carbonyl (C=O) groups excluding carboxylic acids is 1. The number of nitrogens with one attached hydrogen (secondary N) is 1. The van der Waals surface area contributed by atoms with Crippen molar-refractivity contribution in [1.29, 1.82) is 0 Å². The predicted molar refractivity (Wildman–Crippen MR) is 79.0 cm³/mol. The van der Waals surface area contributed by atoms with E-state index < -0.39 is 0 Å². The lowest BCUT2D eigenvalue weighted by molar-refractivity contribution is 0.00542. The molecule has 6 heteroatoms. The van der Waals surface area contributed by atoms with Crippen molar-refractivity contribution < 1.29 is 14.3 Å². The van der Waals surface area contributed by atoms with Gasteiger partial charge in [0.2, 0.25) is 0 Å². The summed E-state index contributed by atoms with van der Waals surface area (Å²) in [5.74, 6) is 0.280. The highest BCUT2D eigenvalue weighted by atomic mass is 16.6. The second-order valence-electron chi connectivity index (χ2n) is 5.77. The molecule has 0 fully saturated rings. The molecule has 0 saturated carbocycles. The van der Waals surface area contributed by atoms with Crippen LogP contribution < -0.4 is 0 Å². The van der Waals surface area contributed by atoms with Crippen LogP contribution in [0, 0.1) is 5.92 Å². The Kier molecular flexibility index (Phi) is 5.22. The Morgan fingerprint density at radius 2 is 2.33 bits per heavy atom. The number of rotatable bonds is 5. The molecule has 2 unspecified atom stereocenters. The third-order valence-electron chi connectivity index (χ3n) is 3.91. The highest BCUT2D eigenvalue weighted by Gasteiger charge is 2.36. The van der Waals surface area contributed by atoms with Crippen LogP contribution in [0.1, 0.15) is 44.6 Å². The number of hydrogen-bond acceptors (Lipinski definition) is 4. The van der Waals surface area contributed by atoms with E-state index in [1.165, 1.54) is 0 Å². The second-order valence-corrected chi connectivity index (χ2v) is 5.77. The average molecular weight is 295 g/mol. The molecule has 1 amide bonds. The molecular formula is C15H25N3O3. The van der Waals surface area contributed by atoms with E-state index in [2.05, 4.69) is 23.8 Å². The highest BCUT2D eigenvalue weighted by Crippen LogP contribution is 2.33. The number of H-pyrrole nitrogens is 1. The zero-order valence-corrected chi connectivity index (χ0v) is 13.3. The van der Waals surface area contributed by atoms with Gasteiger partial charge in [-0.2, -0.15) is 0 Å². The monoisotopic (exact) mass is 295 g/mol. The quantitative estimate of drug-likeness (QED) is 0.906. The molecule has 2 heterocycles. The van der Waals surface area contributed by atoms with Gasteiger partial charge in [-0.15, -0.1) is 0 Å². The summed E-state index contributed by atoms with van der Waals surface area (Å²) in [6.07, 6.45) is 2.76. The summed E-state index contributed by atoms with van der Waals surface area (Å²) in [5.41, 5.74) is 2.09. The van der Waals surface area contributed by atoms with Crippen LogP contribution in [-0.4, -0.2) is 47.3 Å². The number of imidazole rings is 1. The van der Waals surface area contributed by atoms with Crippen molar-refractivity contribution >= 4 is 6.09 Å². The molecule has 1 N–H and O–H groups in total. The van der Waals surface area contributed by atoms with E-state index in [0.717, 1.165) is 24.2 Å². The zero-order valence-electron chi connectivity index (χ0n) is 13.3. The summed E-state index contributed by atoms with van der Waals surface area (Å²) in [6, 6.07) is -0.0347. The Bertz CT molecular complexity index is 472. The van der Waals surface area contributed by atoms with Crippen molar-refractivity contribution in [2.24, 2.45) is 5.92 Å². The minimum atomic E-state index is -0.272. The smallest absolute Gasteiger partial charge is 0.410 e. The molecule has 1 aliphatic rings. The molecule has 0 aliphatic carbocycles. The van der Waals surface area contributed by atoms with E-state index in [4.69, 9.17) is 9.47 Å². The van der Waals surface area contributed by atoms with Gasteiger partial charge in [0, 0.05) is 25.8 Å². The van der Waals surface area contributed by atoms with E-state index in [1.807, 2.05) is 6.92 Å². The fourth-order valence-corrected chi connectivity index (χ4v) is 2.82. The highest BCUT2D eigenvalue weighted by molar-refractivity contribution is 5.69. The zero-order chi connectivity index (χ0) is 15.4. The lowest BCUT2D eigenvalue weighted by Crippen LogP contribution is -2.44. The molecule has 0 bridgehead atoms. The van der Waals surface area contributed by atoms with Crippen molar-refractivity contribution in [1.82, 2.24) is 14.9 Å². The number of carbonyl (C=O) groups is 1. The Balaban J connectivity index is 2.13. The van der Waals surface area contributed by atoms with E-state index >= 15 is 0 Å². The molecule has 1 aliphatic heterocycles. The summed E-state index contributed by atoms with van der Waals surface area (Å²) >= 11 is 0. The molecule has 1 aromatic heterocycles. The molecular weight excluding hydrogens is 270 g/mol. The summed E-state index contributed by atoms with van der Waals surface area (Å²) in [4.78, 5) is 21.9. The number of nitrogens with zero attached hydrogens (tertiary/aromatic N) is 2. The number of amides is 1. The van der Waals surface area contributed by atoms with Crippen molar-refractivity contribution in [2.75, 3.05) is 20.3 Å². The Morgan fingerprint density at radius 1 is 1.57 bits per heavy atom. The SMILES string of the molecule is CCC(COC)OC(=O)N1CCc2[nH]cnc2C1C(C)C. The van der Waals surface area contributed by atoms with Crippen molar-refractivity contribution in [3.63, 3.8) is 0 Å². The molecule has 0 radical (unpaired) electrons. The van der Waals surface area contributed by atoms with Gasteiger partial charge in [0.25, 0.3) is 0 Å². The average Bonchev–Trinajstić information content (AvgIpc) is 2.93. The van der Waals surface area contributed by atoms with E-state index in [9.17, 15) is 4.79 Å². The van der Waals surface area contributed by atoms with Gasteiger partial charge in [0.1, 0.15) is 6.10 Å². The lowest BCUT2D eigenvalue weighted by Gasteiger charge is -2.37. The first-order valence-electron chi connectivity index (χ1n) is 7.56. The van der Waals surface area contributed by atoms with Gasteiger partial charge in [0.15, 0.2) is 0 Å². The summed E-state index contributed by atoms with van der Waals surface area (Å²) in [5, 5.41) is 0. The third kappa shape index (κ3) is 3.37. The first-order valence-corrected chi connectivity index (χ1v) is 7.56. The predicted octanol–water partition coefficient (Wildman–Crippen LogP) is 2.53. The number of aromatic amines is 1. The van der Waals surface area contributed by atoms with Crippen LogP contribution in [0.4, 0.5) is 4.79 Å². The van der Waals surface area contributed by atoms with Gasteiger partial charge in [0.05, 0.1) is 24.7 Å². The number of fused-ring (bicyclic) bond motifs is 1. The van der Waals surface area contributed by atoms with Crippen molar-refractivity contribution in [3.8, 4) is 0 Å². The Hall–Kier alpha value is -1.56. The van der Waals surface area contributed by atoms with Gasteiger partial charge >= 0.3 is 6.09 Å². The fourth-order valence-electron chi connectivity index (χ4n) is 2.82. The van der Waals surface area contributed by atoms with Gasteiger partial charge in [-0.25, -0.2) is 9.78 Å². The summed E-state index contributed by atoms with van der Waals surface area (Å²) < 4.78 is 10.7. The minimum Gasteiger partial charge on any atom is -0.444 e. The molecule has 118 valence electrons. The second kappa shape index (κ2) is 6.93. The lowest BCUT2D eigenvalue weighted by atomic mass is 9.93. The van der Waals surface area contributed by atoms with Crippen LogP contribution in [0.15, 0.2) is 6.33 Å². The summed E-state index contributed by atoms with van der Waals surface area (Å²) in [6.45, 7) is 7.26. The minimum absolute atomic E-state index is 0.0347. The topological polar surface area (TPSA) is 67.5 Å². The standard InChI is InChI=1S/C15H25N3O3/c1-5-11(8-20-4)21-15(19)18-7-6-12-13(17-9-16-12)14(18)10(2)3/h9-11,14H,5-8H2,1-4H3,(H,16,17). The van der Waals surface area contributed by atoms with E-state index in [0.29, 0.717) is 13.2 Å². The fraction of sp³-hybridized carbons (Fsp3) is 0.733. The Labute approximate surface area is 125 Å². The molecule has 2 rings (SSSR count). The first kappa shape index (κ1) is 15.8. The van der Waals surface area contributed by atoms with Gasteiger partial charge < -0.3 is 14.5 Å². The maximum atomic E-state index is 12.5. The van der Waals surface area contributed by atoms with Crippen molar-refractivity contribution in [2.45, 2.75) is 45.8 Å². The van der Waals surface area contributed by atoms with Crippen LogP contribution >= 0.6 is 0 Å². The number of aromatic nitrogens is 2. The Morgan fingerprint density at radius 3 is 2.95 bits per heavy atom. The van der Waals surface area contributed by atoms with Crippen LogP contribution in [0.3, 0.4) is 0 Å².